The number of amides is 3. The number of halogens is 1. The van der Waals surface area contributed by atoms with Crippen LogP contribution in [0.2, 0.25) is 0 Å². The number of hydrogen-bond donors (Lipinski definition) is 4. The molecule has 3 amide bonds. The van der Waals surface area contributed by atoms with Crippen molar-refractivity contribution in [2.75, 3.05) is 5.73 Å². The largest absolute Gasteiger partial charge is 0.504 e. The third-order valence-corrected chi connectivity index (χ3v) is 4.41. The Balaban J connectivity index is 2.11. The summed E-state index contributed by atoms with van der Waals surface area (Å²) in [5.74, 6) is -5.62. The van der Waals surface area contributed by atoms with Crippen molar-refractivity contribution in [2.45, 2.75) is 23.9 Å². The first-order chi connectivity index (χ1) is 11.4. The number of anilines is 1. The van der Waals surface area contributed by atoms with Crippen molar-refractivity contribution >= 4 is 52.4 Å². The number of carbonyl (C=O) groups is 3. The number of carbonyl (C=O) groups excluding carboxylic acids is 3. The van der Waals surface area contributed by atoms with Gasteiger partial charge in [0.25, 0.3) is 5.91 Å². The second-order valence-electron chi connectivity index (χ2n) is 6.04. The van der Waals surface area contributed by atoms with Gasteiger partial charge < -0.3 is 20.8 Å². The molecule has 122 valence electrons. The van der Waals surface area contributed by atoms with Crippen LogP contribution < -0.4 is 16.5 Å². The van der Waals surface area contributed by atoms with Gasteiger partial charge in [0.2, 0.25) is 11.8 Å². The highest BCUT2D eigenvalue weighted by atomic mass is 19.1. The first-order valence-corrected chi connectivity index (χ1v) is 6.98. The van der Waals surface area contributed by atoms with Gasteiger partial charge in [0.15, 0.2) is 11.6 Å². The SMILES string of the molecule is [B]c1c(N)c2c(c(O)c1F)C(=O)N(C1([B])CC([B])(O)C(=O)NC1=O)C2. The number of fused-ring (bicyclic) bond motifs is 1. The van der Waals surface area contributed by atoms with Gasteiger partial charge in [-0.3, -0.25) is 19.7 Å². The molecule has 25 heavy (non-hydrogen) atoms. The normalized spacial score (nSPS) is 28.9. The molecule has 3 rings (SSSR count). The molecule has 2 atom stereocenters. The van der Waals surface area contributed by atoms with Crippen LogP contribution in [-0.2, 0) is 16.1 Å². The predicted molar refractivity (Wildman–Crippen MR) is 84.7 cm³/mol. The van der Waals surface area contributed by atoms with Crippen molar-refractivity contribution in [3.8, 4) is 5.75 Å². The molecule has 0 aromatic heterocycles. The number of rotatable bonds is 1. The maximum Gasteiger partial charge on any atom is 0.258 e. The molecule has 2 aliphatic heterocycles. The Bertz CT molecular complexity index is 862. The van der Waals surface area contributed by atoms with E-state index in [9.17, 15) is 29.0 Å². The Morgan fingerprint density at radius 1 is 1.24 bits per heavy atom. The summed E-state index contributed by atoms with van der Waals surface area (Å²) in [4.78, 5) is 37.1. The molecule has 1 aromatic rings. The molecule has 2 heterocycles. The number of phenolic OH excluding ortho intramolecular Hbond substituents is 1. The van der Waals surface area contributed by atoms with Crippen LogP contribution in [0.3, 0.4) is 0 Å². The van der Waals surface area contributed by atoms with Gasteiger partial charge in [-0.1, -0.05) is 0 Å². The molecule has 2 unspecified atom stereocenters. The van der Waals surface area contributed by atoms with E-state index in [-0.39, 0.29) is 11.3 Å². The molecule has 0 saturated carbocycles. The maximum atomic E-state index is 13.9. The molecule has 0 spiro atoms. The molecule has 2 aliphatic rings. The van der Waals surface area contributed by atoms with Gasteiger partial charge in [0.1, 0.15) is 29.0 Å². The van der Waals surface area contributed by atoms with Crippen LogP contribution in [0.5, 0.6) is 5.75 Å². The smallest absolute Gasteiger partial charge is 0.258 e. The van der Waals surface area contributed by atoms with E-state index in [2.05, 4.69) is 0 Å². The highest BCUT2D eigenvalue weighted by molar-refractivity contribution is 6.39. The lowest BCUT2D eigenvalue weighted by Gasteiger charge is -2.45. The highest BCUT2D eigenvalue weighted by Crippen LogP contribution is 2.40. The fourth-order valence-electron chi connectivity index (χ4n) is 2.99. The Morgan fingerprint density at radius 2 is 1.84 bits per heavy atom. The molecule has 6 radical (unpaired) electrons. The number of imide groups is 1. The summed E-state index contributed by atoms with van der Waals surface area (Å²) in [6.07, 6.45) is -0.816. The molecule has 1 saturated heterocycles. The minimum absolute atomic E-state index is 0.0310. The van der Waals surface area contributed by atoms with E-state index in [0.717, 1.165) is 4.90 Å². The summed E-state index contributed by atoms with van der Waals surface area (Å²) in [5.41, 5.74) is -0.453. The Hall–Kier alpha value is -2.49. The lowest BCUT2D eigenvalue weighted by Crippen LogP contribution is -2.71. The van der Waals surface area contributed by atoms with E-state index in [1.165, 1.54) is 0 Å². The highest BCUT2D eigenvalue weighted by Gasteiger charge is 2.55. The number of nitrogens with zero attached hydrogens (tertiary/aromatic N) is 1. The zero-order valence-corrected chi connectivity index (χ0v) is 12.7. The van der Waals surface area contributed by atoms with Crippen LogP contribution in [0, 0.1) is 5.82 Å². The number of aromatic hydroxyl groups is 1. The summed E-state index contributed by atoms with van der Waals surface area (Å²) in [6, 6.07) is 0. The molecule has 12 heteroatoms. The van der Waals surface area contributed by atoms with Gasteiger partial charge in [0.05, 0.1) is 11.0 Å². The molecule has 1 aromatic carbocycles. The van der Waals surface area contributed by atoms with Crippen LogP contribution in [0.15, 0.2) is 0 Å². The molecular formula is C13H9B3FN3O5. The van der Waals surface area contributed by atoms with Gasteiger partial charge in [-0.25, -0.2) is 4.39 Å². The van der Waals surface area contributed by atoms with Gasteiger partial charge in [-0.05, 0) is 11.9 Å². The summed E-state index contributed by atoms with van der Waals surface area (Å²) in [6.45, 7) is -0.410. The molecular weight excluding hydrogens is 330 g/mol. The van der Waals surface area contributed by atoms with Crippen LogP contribution >= 0.6 is 0 Å². The number of piperidine rings is 1. The lowest BCUT2D eigenvalue weighted by molar-refractivity contribution is -0.149. The predicted octanol–water partition coefficient (Wildman–Crippen LogP) is -3.37. The van der Waals surface area contributed by atoms with Crippen LogP contribution in [0.1, 0.15) is 22.3 Å². The van der Waals surface area contributed by atoms with E-state index in [1.54, 1.807) is 5.32 Å². The Kier molecular flexibility index (Phi) is 3.47. The molecule has 5 N–H and O–H groups in total. The topological polar surface area (TPSA) is 133 Å². The lowest BCUT2D eigenvalue weighted by atomic mass is 9.60. The van der Waals surface area contributed by atoms with Crippen LogP contribution in [0.4, 0.5) is 10.1 Å². The second kappa shape index (κ2) is 5.01. The van der Waals surface area contributed by atoms with Crippen molar-refractivity contribution in [1.29, 1.82) is 0 Å². The number of hydrogen-bond acceptors (Lipinski definition) is 6. The summed E-state index contributed by atoms with van der Waals surface area (Å²) in [5, 5.41) is 21.5. The van der Waals surface area contributed by atoms with Crippen molar-refractivity contribution in [2.24, 2.45) is 0 Å². The van der Waals surface area contributed by atoms with E-state index >= 15 is 0 Å². The van der Waals surface area contributed by atoms with Gasteiger partial charge in [0, 0.05) is 17.8 Å². The first kappa shape index (κ1) is 17.3. The fraction of sp³-hybridized carbons (Fsp3) is 0.308. The van der Waals surface area contributed by atoms with E-state index in [0.29, 0.717) is 0 Å². The number of nitrogens with one attached hydrogen (secondary N) is 1. The molecule has 0 bridgehead atoms. The average Bonchev–Trinajstić information content (AvgIpc) is 2.87. The Morgan fingerprint density at radius 3 is 2.44 bits per heavy atom. The van der Waals surface area contributed by atoms with Crippen molar-refractivity contribution in [3.63, 3.8) is 0 Å². The minimum Gasteiger partial charge on any atom is -0.504 e. The van der Waals surface area contributed by atoms with E-state index in [1.807, 2.05) is 0 Å². The number of nitrogen functional groups attached to an aromatic ring is 1. The maximum absolute atomic E-state index is 13.9. The van der Waals surface area contributed by atoms with Crippen LogP contribution in [-0.4, -0.2) is 67.3 Å². The number of nitrogens with two attached hydrogens (primary N) is 1. The first-order valence-electron chi connectivity index (χ1n) is 6.98. The summed E-state index contributed by atoms with van der Waals surface area (Å²) >= 11 is 0. The van der Waals surface area contributed by atoms with Gasteiger partial charge >= 0.3 is 0 Å². The quantitative estimate of drug-likeness (QED) is 0.183. The summed E-state index contributed by atoms with van der Waals surface area (Å²) in [7, 11) is 16.8. The average molecular weight is 339 g/mol. The zero-order chi connectivity index (χ0) is 18.9. The fourth-order valence-corrected chi connectivity index (χ4v) is 2.99. The second-order valence-corrected chi connectivity index (χ2v) is 6.04. The van der Waals surface area contributed by atoms with Crippen LogP contribution in [0.25, 0.3) is 0 Å². The van der Waals surface area contributed by atoms with Crippen molar-refractivity contribution in [3.05, 3.63) is 16.9 Å². The third-order valence-electron chi connectivity index (χ3n) is 4.41. The zero-order valence-electron chi connectivity index (χ0n) is 12.7. The molecule has 8 nitrogen and oxygen atoms in total. The van der Waals surface area contributed by atoms with Gasteiger partial charge in [-0.2, -0.15) is 0 Å². The van der Waals surface area contributed by atoms with Gasteiger partial charge in [-0.15, -0.1) is 0 Å². The molecule has 0 aliphatic carbocycles. The standard InChI is InChI=1S/C13H9B3FN3O5/c14-5-6(17)8(21)4-3(7(5)18)1-20(9(4)22)12(15)2-13(16,25)11(24)19-10(12)23/h21,25H,1-2,18H2,(H,19,23,24). The Labute approximate surface area is 144 Å². The van der Waals surface area contributed by atoms with E-state index < -0.39 is 64.2 Å². The molecule has 1 fully saturated rings. The number of phenols is 1. The van der Waals surface area contributed by atoms with Crippen molar-refractivity contribution < 1.29 is 29.0 Å². The van der Waals surface area contributed by atoms with Crippen molar-refractivity contribution in [1.82, 2.24) is 10.2 Å². The summed E-state index contributed by atoms with van der Waals surface area (Å²) < 4.78 is 13.9. The number of aliphatic hydroxyl groups is 1. The minimum atomic E-state index is -2.52. The third kappa shape index (κ3) is 2.17. The number of benzene rings is 1. The monoisotopic (exact) mass is 339 g/mol. The van der Waals surface area contributed by atoms with E-state index in [4.69, 9.17) is 29.3 Å².